The molecule has 0 radical (unpaired) electrons. The van der Waals surface area contributed by atoms with E-state index in [4.69, 9.17) is 0 Å². The quantitative estimate of drug-likeness (QED) is 0.908. The van der Waals surface area contributed by atoms with Gasteiger partial charge in [-0.1, -0.05) is 18.6 Å². The fourth-order valence-corrected chi connectivity index (χ4v) is 2.87. The topological polar surface area (TPSA) is 42.2 Å². The summed E-state index contributed by atoms with van der Waals surface area (Å²) in [6.07, 6.45) is 6.10. The molecule has 1 saturated carbocycles. The van der Waals surface area contributed by atoms with Crippen LogP contribution in [-0.2, 0) is 11.3 Å². The summed E-state index contributed by atoms with van der Waals surface area (Å²) in [7, 11) is 0. The number of aromatic nitrogens is 1. The van der Waals surface area contributed by atoms with Gasteiger partial charge in [0.05, 0.1) is 5.92 Å². The van der Waals surface area contributed by atoms with Gasteiger partial charge < -0.3 is 9.67 Å². The molecule has 1 atom stereocenters. The third-order valence-electron chi connectivity index (χ3n) is 4.36. The van der Waals surface area contributed by atoms with Crippen LogP contribution in [0.15, 0.2) is 30.5 Å². The standard InChI is InChI=1S/C16H19NO2/c1-11(16(18)19)13-6-3-7-15-14(13)8-9-17(15)10-12-4-2-5-12/h3,6-9,11-12H,2,4-5,10H2,1H3,(H,18,19). The molecule has 3 heteroatoms. The highest BCUT2D eigenvalue weighted by Crippen LogP contribution is 2.31. The Hall–Kier alpha value is -1.77. The molecule has 3 nitrogen and oxygen atoms in total. The SMILES string of the molecule is CC(C(=O)O)c1cccc2c1ccn2CC1CCC1. The maximum Gasteiger partial charge on any atom is 0.310 e. The van der Waals surface area contributed by atoms with Crippen LogP contribution in [-0.4, -0.2) is 15.6 Å². The van der Waals surface area contributed by atoms with E-state index in [2.05, 4.69) is 22.9 Å². The molecule has 0 saturated heterocycles. The van der Waals surface area contributed by atoms with Gasteiger partial charge in [0.25, 0.3) is 0 Å². The molecule has 1 aromatic heterocycles. The van der Waals surface area contributed by atoms with Crippen molar-refractivity contribution >= 4 is 16.9 Å². The Morgan fingerprint density at radius 3 is 2.84 bits per heavy atom. The number of hydrogen-bond donors (Lipinski definition) is 1. The van der Waals surface area contributed by atoms with Gasteiger partial charge in [0.1, 0.15) is 0 Å². The third kappa shape index (κ3) is 2.14. The second-order valence-electron chi connectivity index (χ2n) is 5.60. The van der Waals surface area contributed by atoms with Gasteiger partial charge in [0, 0.05) is 23.6 Å². The third-order valence-corrected chi connectivity index (χ3v) is 4.36. The number of benzene rings is 1. The molecule has 1 aromatic carbocycles. The summed E-state index contributed by atoms with van der Waals surface area (Å²) in [4.78, 5) is 11.2. The molecule has 100 valence electrons. The van der Waals surface area contributed by atoms with E-state index in [-0.39, 0.29) is 0 Å². The van der Waals surface area contributed by atoms with Crippen molar-refractivity contribution < 1.29 is 9.90 Å². The predicted molar refractivity (Wildman–Crippen MR) is 75.3 cm³/mol. The number of fused-ring (bicyclic) bond motifs is 1. The highest BCUT2D eigenvalue weighted by atomic mass is 16.4. The zero-order valence-electron chi connectivity index (χ0n) is 11.2. The highest BCUT2D eigenvalue weighted by Gasteiger charge is 2.20. The summed E-state index contributed by atoms with van der Waals surface area (Å²) in [5, 5.41) is 10.3. The number of aliphatic carboxylic acids is 1. The Morgan fingerprint density at radius 2 is 2.21 bits per heavy atom. The van der Waals surface area contributed by atoms with Crippen molar-refractivity contribution in [3.63, 3.8) is 0 Å². The monoisotopic (exact) mass is 257 g/mol. The lowest BCUT2D eigenvalue weighted by atomic mass is 9.85. The molecule has 3 rings (SSSR count). The summed E-state index contributed by atoms with van der Waals surface area (Å²) in [5.74, 6) is -0.418. The van der Waals surface area contributed by atoms with Crippen LogP contribution in [0.2, 0.25) is 0 Å². The number of nitrogens with zero attached hydrogens (tertiary/aromatic N) is 1. The van der Waals surface area contributed by atoms with Crippen LogP contribution in [0.3, 0.4) is 0 Å². The van der Waals surface area contributed by atoms with Gasteiger partial charge in [-0.25, -0.2) is 0 Å². The zero-order valence-corrected chi connectivity index (χ0v) is 11.2. The van der Waals surface area contributed by atoms with E-state index in [0.29, 0.717) is 0 Å². The minimum absolute atomic E-state index is 0.455. The molecule has 0 amide bonds. The van der Waals surface area contributed by atoms with Crippen LogP contribution in [0, 0.1) is 5.92 Å². The molecule has 1 aliphatic rings. The lowest BCUT2D eigenvalue weighted by Crippen LogP contribution is -2.17. The van der Waals surface area contributed by atoms with Crippen molar-refractivity contribution in [2.45, 2.75) is 38.6 Å². The van der Waals surface area contributed by atoms with Crippen LogP contribution in [0.1, 0.15) is 37.7 Å². The van der Waals surface area contributed by atoms with E-state index in [9.17, 15) is 9.90 Å². The van der Waals surface area contributed by atoms with Crippen LogP contribution in [0.5, 0.6) is 0 Å². The van der Waals surface area contributed by atoms with Crippen LogP contribution < -0.4 is 0 Å². The molecular weight excluding hydrogens is 238 g/mol. The average molecular weight is 257 g/mol. The second kappa shape index (κ2) is 4.72. The zero-order chi connectivity index (χ0) is 13.4. The van der Waals surface area contributed by atoms with Crippen LogP contribution in [0.4, 0.5) is 0 Å². The number of carboxylic acid groups (broad SMARTS) is 1. The van der Waals surface area contributed by atoms with Crippen molar-refractivity contribution in [1.82, 2.24) is 4.57 Å². The van der Waals surface area contributed by atoms with E-state index < -0.39 is 11.9 Å². The molecule has 2 aromatic rings. The Bertz CT molecular complexity index is 610. The first-order valence-corrected chi connectivity index (χ1v) is 6.97. The number of rotatable bonds is 4. The molecule has 19 heavy (non-hydrogen) atoms. The Kier molecular flexibility index (Phi) is 3.05. The second-order valence-corrected chi connectivity index (χ2v) is 5.60. The maximum absolute atomic E-state index is 11.2. The molecule has 1 aliphatic carbocycles. The first kappa shape index (κ1) is 12.3. The van der Waals surface area contributed by atoms with Crippen molar-refractivity contribution in [3.05, 3.63) is 36.0 Å². The number of carboxylic acids is 1. The summed E-state index contributed by atoms with van der Waals surface area (Å²) in [6, 6.07) is 8.04. The van der Waals surface area contributed by atoms with Crippen molar-refractivity contribution in [2.75, 3.05) is 0 Å². The normalized spacial score (nSPS) is 17.3. The fourth-order valence-electron chi connectivity index (χ4n) is 2.87. The van der Waals surface area contributed by atoms with Gasteiger partial charge in [-0.15, -0.1) is 0 Å². The van der Waals surface area contributed by atoms with Gasteiger partial charge in [-0.3, -0.25) is 4.79 Å². The first-order valence-electron chi connectivity index (χ1n) is 6.97. The van der Waals surface area contributed by atoms with Gasteiger partial charge in [0.15, 0.2) is 0 Å². The molecular formula is C16H19NO2. The van der Waals surface area contributed by atoms with E-state index in [1.807, 2.05) is 12.1 Å². The van der Waals surface area contributed by atoms with E-state index in [0.717, 1.165) is 28.9 Å². The minimum atomic E-state index is -0.765. The largest absolute Gasteiger partial charge is 0.481 e. The fraction of sp³-hybridized carbons (Fsp3) is 0.438. The van der Waals surface area contributed by atoms with Gasteiger partial charge in [0.2, 0.25) is 0 Å². The molecule has 0 bridgehead atoms. The molecule has 1 unspecified atom stereocenters. The minimum Gasteiger partial charge on any atom is -0.481 e. The lowest BCUT2D eigenvalue weighted by Gasteiger charge is -2.26. The average Bonchev–Trinajstić information content (AvgIpc) is 2.75. The van der Waals surface area contributed by atoms with E-state index >= 15 is 0 Å². The summed E-state index contributed by atoms with van der Waals surface area (Å²) >= 11 is 0. The molecule has 1 N–H and O–H groups in total. The smallest absolute Gasteiger partial charge is 0.310 e. The predicted octanol–water partition coefficient (Wildman–Crippen LogP) is 3.63. The van der Waals surface area contributed by atoms with E-state index in [1.165, 1.54) is 19.3 Å². The van der Waals surface area contributed by atoms with Gasteiger partial charge >= 0.3 is 5.97 Å². The molecule has 0 spiro atoms. The van der Waals surface area contributed by atoms with Gasteiger partial charge in [-0.2, -0.15) is 0 Å². The number of hydrogen-bond acceptors (Lipinski definition) is 1. The van der Waals surface area contributed by atoms with Crippen molar-refractivity contribution in [2.24, 2.45) is 5.92 Å². The van der Waals surface area contributed by atoms with Crippen LogP contribution >= 0.6 is 0 Å². The van der Waals surface area contributed by atoms with E-state index in [1.54, 1.807) is 6.92 Å². The summed E-state index contributed by atoms with van der Waals surface area (Å²) < 4.78 is 2.28. The lowest BCUT2D eigenvalue weighted by molar-refractivity contribution is -0.138. The van der Waals surface area contributed by atoms with Crippen molar-refractivity contribution in [3.8, 4) is 0 Å². The van der Waals surface area contributed by atoms with Crippen molar-refractivity contribution in [1.29, 1.82) is 0 Å². The molecule has 1 heterocycles. The summed E-state index contributed by atoms with van der Waals surface area (Å²) in [5.41, 5.74) is 2.08. The molecule has 0 aliphatic heterocycles. The Labute approximate surface area is 112 Å². The maximum atomic E-state index is 11.2. The molecule has 1 fully saturated rings. The Morgan fingerprint density at radius 1 is 1.42 bits per heavy atom. The number of carbonyl (C=O) groups is 1. The Balaban J connectivity index is 1.99. The van der Waals surface area contributed by atoms with Crippen LogP contribution in [0.25, 0.3) is 10.9 Å². The first-order chi connectivity index (χ1) is 9.16. The highest BCUT2D eigenvalue weighted by molar-refractivity contribution is 5.89. The van der Waals surface area contributed by atoms with Gasteiger partial charge in [-0.05, 0) is 43.4 Å². The summed E-state index contributed by atoms with van der Waals surface area (Å²) in [6.45, 7) is 2.81.